The van der Waals surface area contributed by atoms with Crippen LogP contribution in [0.2, 0.25) is 10.0 Å². The average molecular weight is 579 g/mol. The number of rotatable bonds is 7. The van der Waals surface area contributed by atoms with Crippen LogP contribution in [0.1, 0.15) is 16.1 Å². The summed E-state index contributed by atoms with van der Waals surface area (Å²) < 4.78 is 29.8. The first-order valence-electron chi connectivity index (χ1n) is 11.6. The SMILES string of the molecule is O=C(Nc1ccc(Cl)c(S(=O)(=O)Nc2ccccc2Cl)c1)c1nn(Cc2ccccc2)c(=O)c2ccccc12. The number of amides is 1. The lowest BCUT2D eigenvalue weighted by Gasteiger charge is -2.14. The van der Waals surface area contributed by atoms with Crippen LogP contribution in [0.3, 0.4) is 0 Å². The summed E-state index contributed by atoms with van der Waals surface area (Å²) in [5.41, 5.74) is 0.857. The summed E-state index contributed by atoms with van der Waals surface area (Å²) in [6.45, 7) is 0.168. The maximum atomic E-state index is 13.4. The first kappa shape index (κ1) is 26.4. The van der Waals surface area contributed by atoms with Gasteiger partial charge in [-0.3, -0.25) is 14.3 Å². The van der Waals surface area contributed by atoms with Crippen molar-refractivity contribution in [1.29, 1.82) is 0 Å². The summed E-state index contributed by atoms with van der Waals surface area (Å²) in [6.07, 6.45) is 0. The molecule has 39 heavy (non-hydrogen) atoms. The number of aromatic nitrogens is 2. The topological polar surface area (TPSA) is 110 Å². The Balaban J connectivity index is 1.49. The van der Waals surface area contributed by atoms with E-state index in [2.05, 4.69) is 15.1 Å². The Hall–Kier alpha value is -4.18. The predicted octanol–water partition coefficient (Wildman–Crippen LogP) is 5.80. The number of carbonyl (C=O) groups excluding carboxylic acids is 1. The summed E-state index contributed by atoms with van der Waals surface area (Å²) in [4.78, 5) is 26.3. The second kappa shape index (κ2) is 10.9. The van der Waals surface area contributed by atoms with Gasteiger partial charge in [-0.25, -0.2) is 13.1 Å². The number of carbonyl (C=O) groups is 1. The number of para-hydroxylation sites is 1. The van der Waals surface area contributed by atoms with E-state index in [-0.39, 0.29) is 44.1 Å². The highest BCUT2D eigenvalue weighted by Gasteiger charge is 2.22. The minimum Gasteiger partial charge on any atom is -0.321 e. The Morgan fingerprint density at radius 3 is 2.23 bits per heavy atom. The molecule has 5 aromatic rings. The van der Waals surface area contributed by atoms with Crippen LogP contribution in [-0.4, -0.2) is 24.1 Å². The first-order valence-corrected chi connectivity index (χ1v) is 13.9. The molecule has 0 spiro atoms. The molecular formula is C28H20Cl2N4O4S. The molecule has 0 aliphatic carbocycles. The monoisotopic (exact) mass is 578 g/mol. The van der Waals surface area contributed by atoms with Gasteiger partial charge in [-0.05, 0) is 42.0 Å². The molecule has 0 aliphatic heterocycles. The first-order chi connectivity index (χ1) is 18.7. The van der Waals surface area contributed by atoms with E-state index in [4.69, 9.17) is 23.2 Å². The van der Waals surface area contributed by atoms with Gasteiger partial charge in [0.1, 0.15) is 4.90 Å². The van der Waals surface area contributed by atoms with Gasteiger partial charge in [0.25, 0.3) is 21.5 Å². The number of hydrogen-bond donors (Lipinski definition) is 2. The molecule has 5 rings (SSSR count). The third-order valence-electron chi connectivity index (χ3n) is 5.85. The highest BCUT2D eigenvalue weighted by Crippen LogP contribution is 2.29. The molecule has 0 aliphatic rings. The van der Waals surface area contributed by atoms with Gasteiger partial charge in [-0.2, -0.15) is 5.10 Å². The van der Waals surface area contributed by atoms with Crippen molar-refractivity contribution in [3.05, 3.63) is 129 Å². The fraction of sp³-hybridized carbons (Fsp3) is 0.0357. The number of hydrogen-bond acceptors (Lipinski definition) is 5. The van der Waals surface area contributed by atoms with Crippen molar-refractivity contribution in [2.75, 3.05) is 10.0 Å². The minimum absolute atomic E-state index is 0.00896. The Labute approximate surface area is 233 Å². The highest BCUT2D eigenvalue weighted by atomic mass is 35.5. The van der Waals surface area contributed by atoms with Crippen LogP contribution in [0.15, 0.2) is 107 Å². The van der Waals surface area contributed by atoms with Crippen LogP contribution in [0.4, 0.5) is 11.4 Å². The lowest BCUT2D eigenvalue weighted by atomic mass is 10.1. The number of anilines is 2. The molecule has 0 bridgehead atoms. The number of sulfonamides is 1. The van der Waals surface area contributed by atoms with E-state index in [1.54, 1.807) is 42.5 Å². The number of halogens is 2. The van der Waals surface area contributed by atoms with Crippen molar-refractivity contribution < 1.29 is 13.2 Å². The summed E-state index contributed by atoms with van der Waals surface area (Å²) in [5, 5.41) is 7.91. The smallest absolute Gasteiger partial charge is 0.276 e. The van der Waals surface area contributed by atoms with Gasteiger partial charge in [-0.1, -0.05) is 83.9 Å². The quantitative estimate of drug-likeness (QED) is 0.253. The van der Waals surface area contributed by atoms with E-state index in [1.165, 1.54) is 28.9 Å². The lowest BCUT2D eigenvalue weighted by Crippen LogP contribution is -2.28. The molecule has 0 atom stereocenters. The van der Waals surface area contributed by atoms with Gasteiger partial charge in [0.05, 0.1) is 27.7 Å². The molecule has 4 aromatic carbocycles. The van der Waals surface area contributed by atoms with Gasteiger partial charge >= 0.3 is 0 Å². The fourth-order valence-corrected chi connectivity index (χ4v) is 5.83. The van der Waals surface area contributed by atoms with Gasteiger partial charge in [0, 0.05) is 11.1 Å². The van der Waals surface area contributed by atoms with Crippen molar-refractivity contribution in [2.24, 2.45) is 0 Å². The molecule has 1 heterocycles. The Morgan fingerprint density at radius 1 is 0.821 bits per heavy atom. The number of nitrogens with one attached hydrogen (secondary N) is 2. The van der Waals surface area contributed by atoms with E-state index in [9.17, 15) is 18.0 Å². The number of nitrogens with zero attached hydrogens (tertiary/aromatic N) is 2. The zero-order valence-electron chi connectivity index (χ0n) is 20.1. The van der Waals surface area contributed by atoms with Gasteiger partial charge in [0.2, 0.25) is 0 Å². The van der Waals surface area contributed by atoms with Gasteiger partial charge in [-0.15, -0.1) is 0 Å². The second-order valence-corrected chi connectivity index (χ2v) is 11.0. The number of benzene rings is 4. The third-order valence-corrected chi connectivity index (χ3v) is 8.03. The molecule has 8 nitrogen and oxygen atoms in total. The van der Waals surface area contributed by atoms with E-state index < -0.39 is 15.9 Å². The van der Waals surface area contributed by atoms with Crippen molar-refractivity contribution in [2.45, 2.75) is 11.4 Å². The normalized spacial score (nSPS) is 11.3. The van der Waals surface area contributed by atoms with Crippen LogP contribution >= 0.6 is 23.2 Å². The van der Waals surface area contributed by atoms with Crippen molar-refractivity contribution in [1.82, 2.24) is 9.78 Å². The number of fused-ring (bicyclic) bond motifs is 1. The summed E-state index contributed by atoms with van der Waals surface area (Å²) in [7, 11) is -4.15. The van der Waals surface area contributed by atoms with E-state index in [0.29, 0.717) is 10.8 Å². The highest BCUT2D eigenvalue weighted by molar-refractivity contribution is 7.92. The molecule has 0 saturated carbocycles. The zero-order chi connectivity index (χ0) is 27.6. The summed E-state index contributed by atoms with van der Waals surface area (Å²) in [5.74, 6) is -0.627. The zero-order valence-corrected chi connectivity index (χ0v) is 22.5. The third kappa shape index (κ3) is 5.65. The second-order valence-electron chi connectivity index (χ2n) is 8.53. The largest absolute Gasteiger partial charge is 0.321 e. The average Bonchev–Trinajstić information content (AvgIpc) is 2.93. The van der Waals surface area contributed by atoms with Crippen LogP contribution in [0, 0.1) is 0 Å². The molecule has 11 heteroatoms. The molecule has 1 aromatic heterocycles. The Morgan fingerprint density at radius 2 is 1.49 bits per heavy atom. The maximum Gasteiger partial charge on any atom is 0.276 e. The van der Waals surface area contributed by atoms with E-state index in [0.717, 1.165) is 5.56 Å². The van der Waals surface area contributed by atoms with Crippen molar-refractivity contribution >= 4 is 61.3 Å². The van der Waals surface area contributed by atoms with E-state index >= 15 is 0 Å². The maximum absolute atomic E-state index is 13.4. The standard InChI is InChI=1S/C28H20Cl2N4O4S/c29-22-12-6-7-13-24(22)33-39(37,38)25-16-19(14-15-23(25)30)31-27(35)26-20-10-4-5-11-21(20)28(36)34(32-26)17-18-8-2-1-3-9-18/h1-16,33H,17H2,(H,31,35). The molecular weight excluding hydrogens is 559 g/mol. The van der Waals surface area contributed by atoms with Gasteiger partial charge in [0.15, 0.2) is 5.69 Å². The molecule has 0 fully saturated rings. The fourth-order valence-electron chi connectivity index (χ4n) is 3.99. The minimum atomic E-state index is -4.15. The van der Waals surface area contributed by atoms with Gasteiger partial charge < -0.3 is 5.32 Å². The van der Waals surface area contributed by atoms with E-state index in [1.807, 2.05) is 30.3 Å². The molecule has 0 saturated heterocycles. The van der Waals surface area contributed by atoms with Crippen LogP contribution in [0.5, 0.6) is 0 Å². The van der Waals surface area contributed by atoms with Crippen molar-refractivity contribution in [3.8, 4) is 0 Å². The van der Waals surface area contributed by atoms with Crippen LogP contribution in [0.25, 0.3) is 10.8 Å². The molecule has 196 valence electrons. The molecule has 0 unspecified atom stereocenters. The summed E-state index contributed by atoms with van der Waals surface area (Å²) >= 11 is 12.3. The van der Waals surface area contributed by atoms with Crippen LogP contribution in [-0.2, 0) is 16.6 Å². The molecule has 2 N–H and O–H groups in total. The lowest BCUT2D eigenvalue weighted by molar-refractivity contribution is 0.102. The van der Waals surface area contributed by atoms with Crippen LogP contribution < -0.4 is 15.6 Å². The Bertz CT molecular complexity index is 1880. The predicted molar refractivity (Wildman–Crippen MR) is 153 cm³/mol. The molecule has 1 amide bonds. The Kier molecular flexibility index (Phi) is 7.38. The summed E-state index contributed by atoms with van der Waals surface area (Å²) in [6, 6.07) is 26.4. The van der Waals surface area contributed by atoms with Crippen molar-refractivity contribution in [3.63, 3.8) is 0 Å². The molecule has 0 radical (unpaired) electrons.